The third-order valence-electron chi connectivity index (χ3n) is 2.51. The highest BCUT2D eigenvalue weighted by Crippen LogP contribution is 2.24. The summed E-state index contributed by atoms with van der Waals surface area (Å²) in [6.45, 7) is 1.68. The third kappa shape index (κ3) is 2.86. The summed E-state index contributed by atoms with van der Waals surface area (Å²) in [5, 5.41) is 21.0. The van der Waals surface area contributed by atoms with E-state index in [0.717, 1.165) is 0 Å². The number of furan rings is 1. The Morgan fingerprint density at radius 2 is 1.90 bits per heavy atom. The van der Waals surface area contributed by atoms with Crippen LogP contribution < -0.4 is 0 Å². The van der Waals surface area contributed by atoms with E-state index in [9.17, 15) is 20.2 Å². The number of aryl methyl sites for hydroxylation is 1. The summed E-state index contributed by atoms with van der Waals surface area (Å²) < 4.78 is 4.91. The highest BCUT2D eigenvalue weighted by atomic mass is 16.6. The standard InChI is InChI=1S/C12H9N3O5/c1-8-6-9(14(16)17)2-4-11(8)13-7-10-3-5-12(20-10)15(18)19/h2-7H,1H3. The molecule has 0 saturated carbocycles. The van der Waals surface area contributed by atoms with Crippen LogP contribution in [-0.4, -0.2) is 16.1 Å². The summed E-state index contributed by atoms with van der Waals surface area (Å²) in [6.07, 6.45) is 1.32. The zero-order valence-electron chi connectivity index (χ0n) is 10.3. The van der Waals surface area contributed by atoms with Gasteiger partial charge in [-0.15, -0.1) is 0 Å². The topological polar surface area (TPSA) is 112 Å². The fourth-order valence-corrected chi connectivity index (χ4v) is 1.54. The van der Waals surface area contributed by atoms with Gasteiger partial charge in [0.05, 0.1) is 22.9 Å². The average molecular weight is 275 g/mol. The van der Waals surface area contributed by atoms with Gasteiger partial charge in [-0.05, 0) is 24.6 Å². The van der Waals surface area contributed by atoms with Gasteiger partial charge in [-0.25, -0.2) is 0 Å². The number of hydrogen-bond donors (Lipinski definition) is 0. The lowest BCUT2D eigenvalue weighted by molar-refractivity contribution is -0.402. The van der Waals surface area contributed by atoms with Crippen LogP contribution in [0.1, 0.15) is 11.3 Å². The van der Waals surface area contributed by atoms with Crippen molar-refractivity contribution in [3.05, 3.63) is 61.9 Å². The molecule has 8 nitrogen and oxygen atoms in total. The molecule has 0 aliphatic carbocycles. The van der Waals surface area contributed by atoms with E-state index in [4.69, 9.17) is 4.42 Å². The molecule has 1 aromatic heterocycles. The van der Waals surface area contributed by atoms with E-state index in [2.05, 4.69) is 4.99 Å². The smallest absolute Gasteiger partial charge is 0.400 e. The van der Waals surface area contributed by atoms with Crippen LogP contribution in [0.25, 0.3) is 0 Å². The van der Waals surface area contributed by atoms with E-state index in [-0.39, 0.29) is 17.3 Å². The lowest BCUT2D eigenvalue weighted by Gasteiger charge is -1.98. The van der Waals surface area contributed by atoms with Crippen LogP contribution in [-0.2, 0) is 0 Å². The van der Waals surface area contributed by atoms with Crippen molar-refractivity contribution in [1.29, 1.82) is 0 Å². The Bertz CT molecular complexity index is 705. The first-order valence-electron chi connectivity index (χ1n) is 5.50. The summed E-state index contributed by atoms with van der Waals surface area (Å²) in [5.74, 6) is -0.138. The lowest BCUT2D eigenvalue weighted by atomic mass is 10.2. The molecule has 0 unspecified atom stereocenters. The number of hydrogen-bond acceptors (Lipinski definition) is 6. The van der Waals surface area contributed by atoms with Crippen molar-refractivity contribution >= 4 is 23.5 Å². The van der Waals surface area contributed by atoms with E-state index >= 15 is 0 Å². The van der Waals surface area contributed by atoms with E-state index in [1.807, 2.05) is 0 Å². The van der Waals surface area contributed by atoms with Crippen molar-refractivity contribution in [2.24, 2.45) is 4.99 Å². The van der Waals surface area contributed by atoms with Crippen molar-refractivity contribution < 1.29 is 14.3 Å². The van der Waals surface area contributed by atoms with Gasteiger partial charge >= 0.3 is 5.88 Å². The Kier molecular flexibility index (Phi) is 3.56. The largest absolute Gasteiger partial charge is 0.433 e. The van der Waals surface area contributed by atoms with Crippen LogP contribution >= 0.6 is 0 Å². The Balaban J connectivity index is 2.22. The minimum atomic E-state index is -0.644. The minimum absolute atomic E-state index is 0.0184. The Hall–Kier alpha value is -3.03. The Morgan fingerprint density at radius 3 is 2.45 bits per heavy atom. The summed E-state index contributed by atoms with van der Waals surface area (Å²) in [5.41, 5.74) is 1.13. The molecule has 0 fully saturated rings. The van der Waals surface area contributed by atoms with Gasteiger partial charge < -0.3 is 4.42 Å². The molecule has 0 atom stereocenters. The molecule has 0 aliphatic heterocycles. The van der Waals surface area contributed by atoms with Crippen LogP contribution in [0, 0.1) is 27.2 Å². The SMILES string of the molecule is Cc1cc([N+](=O)[O-])ccc1N=Cc1ccc([N+](=O)[O-])o1. The van der Waals surface area contributed by atoms with Crippen molar-refractivity contribution in [2.45, 2.75) is 6.92 Å². The summed E-state index contributed by atoms with van der Waals surface area (Å²) in [7, 11) is 0. The molecule has 0 N–H and O–H groups in total. The number of nitrogens with zero attached hydrogens (tertiary/aromatic N) is 3. The highest BCUT2D eigenvalue weighted by molar-refractivity contribution is 5.79. The van der Waals surface area contributed by atoms with Gasteiger partial charge in [0.15, 0.2) is 5.76 Å². The van der Waals surface area contributed by atoms with E-state index < -0.39 is 9.85 Å². The van der Waals surface area contributed by atoms with Crippen molar-refractivity contribution in [3.63, 3.8) is 0 Å². The van der Waals surface area contributed by atoms with Gasteiger partial charge in [0.25, 0.3) is 5.69 Å². The summed E-state index contributed by atoms with van der Waals surface area (Å²) in [6, 6.07) is 6.88. The number of benzene rings is 1. The highest BCUT2D eigenvalue weighted by Gasteiger charge is 2.11. The van der Waals surface area contributed by atoms with Crippen LogP contribution in [0.2, 0.25) is 0 Å². The fraction of sp³-hybridized carbons (Fsp3) is 0.0833. The molecular formula is C12H9N3O5. The molecule has 2 aromatic rings. The van der Waals surface area contributed by atoms with E-state index in [0.29, 0.717) is 11.3 Å². The van der Waals surface area contributed by atoms with Crippen LogP contribution in [0.4, 0.5) is 17.3 Å². The van der Waals surface area contributed by atoms with Gasteiger partial charge in [0.1, 0.15) is 4.92 Å². The molecule has 0 amide bonds. The average Bonchev–Trinajstić information content (AvgIpc) is 2.86. The fourth-order valence-electron chi connectivity index (χ4n) is 1.54. The normalized spacial score (nSPS) is 10.8. The van der Waals surface area contributed by atoms with Crippen molar-refractivity contribution in [3.8, 4) is 0 Å². The summed E-state index contributed by atoms with van der Waals surface area (Å²) in [4.78, 5) is 24.0. The number of nitro benzene ring substituents is 1. The predicted molar refractivity (Wildman–Crippen MR) is 70.4 cm³/mol. The maximum absolute atomic E-state index is 10.6. The third-order valence-corrected chi connectivity index (χ3v) is 2.51. The number of aliphatic imine (C=N–C) groups is 1. The molecule has 20 heavy (non-hydrogen) atoms. The molecule has 0 aliphatic rings. The van der Waals surface area contributed by atoms with Crippen LogP contribution in [0.15, 0.2) is 39.7 Å². The number of non-ortho nitro benzene ring substituents is 1. The van der Waals surface area contributed by atoms with Gasteiger partial charge in [0.2, 0.25) is 0 Å². The first kappa shape index (κ1) is 13.4. The molecule has 0 radical (unpaired) electrons. The molecule has 0 saturated heterocycles. The van der Waals surface area contributed by atoms with Gasteiger partial charge in [0, 0.05) is 12.1 Å². The molecule has 8 heteroatoms. The second-order valence-electron chi connectivity index (χ2n) is 3.92. The van der Waals surface area contributed by atoms with Gasteiger partial charge in [-0.3, -0.25) is 25.2 Å². The number of nitro groups is 2. The van der Waals surface area contributed by atoms with E-state index in [1.54, 1.807) is 6.92 Å². The van der Waals surface area contributed by atoms with Gasteiger partial charge in [-0.2, -0.15) is 0 Å². The summed E-state index contributed by atoms with van der Waals surface area (Å²) >= 11 is 0. The van der Waals surface area contributed by atoms with Gasteiger partial charge in [-0.1, -0.05) is 0 Å². The molecule has 0 spiro atoms. The first-order valence-corrected chi connectivity index (χ1v) is 5.50. The molecule has 1 aromatic carbocycles. The molecule has 0 bridgehead atoms. The van der Waals surface area contributed by atoms with E-state index in [1.165, 1.54) is 36.5 Å². The maximum atomic E-state index is 10.6. The Labute approximate surface area is 112 Å². The lowest BCUT2D eigenvalue weighted by Crippen LogP contribution is -1.88. The molecule has 1 heterocycles. The van der Waals surface area contributed by atoms with Crippen LogP contribution in [0.5, 0.6) is 0 Å². The number of rotatable bonds is 4. The molecule has 102 valence electrons. The monoisotopic (exact) mass is 275 g/mol. The quantitative estimate of drug-likeness (QED) is 0.483. The Morgan fingerprint density at radius 1 is 1.15 bits per heavy atom. The van der Waals surface area contributed by atoms with Crippen molar-refractivity contribution in [1.82, 2.24) is 0 Å². The molecular weight excluding hydrogens is 266 g/mol. The first-order chi connectivity index (χ1) is 9.47. The van der Waals surface area contributed by atoms with Crippen LogP contribution in [0.3, 0.4) is 0 Å². The van der Waals surface area contributed by atoms with Crippen molar-refractivity contribution in [2.75, 3.05) is 0 Å². The zero-order chi connectivity index (χ0) is 14.7. The maximum Gasteiger partial charge on any atom is 0.433 e. The minimum Gasteiger partial charge on any atom is -0.400 e. The molecule has 2 rings (SSSR count). The zero-order valence-corrected chi connectivity index (χ0v) is 10.3. The second kappa shape index (κ2) is 5.31. The second-order valence-corrected chi connectivity index (χ2v) is 3.92. The predicted octanol–water partition coefficient (Wildman–Crippen LogP) is 3.16.